The zero-order chi connectivity index (χ0) is 11.7. The van der Waals surface area contributed by atoms with E-state index in [9.17, 15) is 4.79 Å². The summed E-state index contributed by atoms with van der Waals surface area (Å²) in [5.74, 6) is -0.328. The number of thiol groups is 1. The first-order chi connectivity index (χ1) is 7.15. The van der Waals surface area contributed by atoms with Crippen molar-refractivity contribution in [3.63, 3.8) is 0 Å². The van der Waals surface area contributed by atoms with Gasteiger partial charge in [-0.1, -0.05) is 0 Å². The molecule has 90 valence electrons. The number of carbonyl (C=O) groups is 1. The second-order valence-electron chi connectivity index (χ2n) is 2.84. The third-order valence-corrected chi connectivity index (χ3v) is 2.10. The molecule has 0 spiro atoms. The Balaban J connectivity index is 3.96. The SMILES string of the molecule is CCOC(=O)C(S)CC(OCC)OCC. The summed E-state index contributed by atoms with van der Waals surface area (Å²) < 4.78 is 15.4. The van der Waals surface area contributed by atoms with E-state index in [0.29, 0.717) is 26.2 Å². The van der Waals surface area contributed by atoms with Gasteiger partial charge >= 0.3 is 5.97 Å². The molecule has 1 atom stereocenters. The molecule has 0 aliphatic carbocycles. The maximum absolute atomic E-state index is 11.3. The van der Waals surface area contributed by atoms with E-state index < -0.39 is 5.25 Å². The fourth-order valence-electron chi connectivity index (χ4n) is 1.07. The summed E-state index contributed by atoms with van der Waals surface area (Å²) >= 11 is 4.15. The Morgan fingerprint density at radius 1 is 1.13 bits per heavy atom. The van der Waals surface area contributed by atoms with Gasteiger partial charge < -0.3 is 14.2 Å². The molecule has 0 radical (unpaired) electrons. The second-order valence-corrected chi connectivity index (χ2v) is 3.47. The van der Waals surface area contributed by atoms with Crippen LogP contribution in [0.2, 0.25) is 0 Å². The minimum atomic E-state index is -0.493. The number of hydrogen-bond donors (Lipinski definition) is 1. The van der Waals surface area contributed by atoms with Crippen molar-refractivity contribution in [3.05, 3.63) is 0 Å². The van der Waals surface area contributed by atoms with Gasteiger partial charge in [0.25, 0.3) is 0 Å². The highest BCUT2D eigenvalue weighted by Gasteiger charge is 2.21. The van der Waals surface area contributed by atoms with E-state index in [-0.39, 0.29) is 12.3 Å². The molecule has 0 heterocycles. The Kier molecular flexibility index (Phi) is 8.85. The molecule has 0 saturated carbocycles. The molecular formula is C10H20O4S. The van der Waals surface area contributed by atoms with Gasteiger partial charge in [-0.05, 0) is 20.8 Å². The molecule has 0 saturated heterocycles. The maximum Gasteiger partial charge on any atom is 0.318 e. The molecule has 0 rings (SSSR count). The number of esters is 1. The minimum absolute atomic E-state index is 0.328. The maximum atomic E-state index is 11.3. The number of ether oxygens (including phenoxy) is 3. The summed E-state index contributed by atoms with van der Waals surface area (Å²) in [6.07, 6.45) is 0.0239. The lowest BCUT2D eigenvalue weighted by molar-refractivity contribution is -0.154. The summed E-state index contributed by atoms with van der Waals surface area (Å²) in [4.78, 5) is 11.3. The molecule has 0 aromatic heterocycles. The minimum Gasteiger partial charge on any atom is -0.465 e. The van der Waals surface area contributed by atoms with Crippen LogP contribution in [-0.2, 0) is 19.0 Å². The van der Waals surface area contributed by atoms with Crippen LogP contribution in [0.3, 0.4) is 0 Å². The van der Waals surface area contributed by atoms with Crippen LogP contribution in [0.15, 0.2) is 0 Å². The largest absolute Gasteiger partial charge is 0.465 e. The molecule has 5 heteroatoms. The smallest absolute Gasteiger partial charge is 0.318 e. The zero-order valence-electron chi connectivity index (χ0n) is 9.56. The first-order valence-electron chi connectivity index (χ1n) is 5.23. The van der Waals surface area contributed by atoms with E-state index in [4.69, 9.17) is 14.2 Å². The Morgan fingerprint density at radius 3 is 2.07 bits per heavy atom. The average molecular weight is 236 g/mol. The van der Waals surface area contributed by atoms with Crippen molar-refractivity contribution in [1.82, 2.24) is 0 Å². The fourth-order valence-corrected chi connectivity index (χ4v) is 1.32. The molecule has 0 aliphatic rings. The second kappa shape index (κ2) is 9.00. The van der Waals surface area contributed by atoms with Crippen LogP contribution in [0.5, 0.6) is 0 Å². The molecule has 0 bridgehead atoms. The Morgan fingerprint density at radius 2 is 1.67 bits per heavy atom. The number of carbonyl (C=O) groups excluding carboxylic acids is 1. The highest BCUT2D eigenvalue weighted by molar-refractivity contribution is 7.81. The van der Waals surface area contributed by atoms with Crippen molar-refractivity contribution in [1.29, 1.82) is 0 Å². The molecule has 1 unspecified atom stereocenters. The normalized spacial score (nSPS) is 12.9. The molecule has 0 aliphatic heterocycles. The third kappa shape index (κ3) is 6.76. The summed E-state index contributed by atoms with van der Waals surface area (Å²) in [5.41, 5.74) is 0. The van der Waals surface area contributed by atoms with Crippen molar-refractivity contribution in [2.45, 2.75) is 38.7 Å². The van der Waals surface area contributed by atoms with E-state index in [2.05, 4.69) is 12.6 Å². The summed E-state index contributed by atoms with van der Waals surface area (Å²) in [7, 11) is 0. The molecule has 0 N–H and O–H groups in total. The van der Waals surface area contributed by atoms with E-state index in [1.165, 1.54) is 0 Å². The van der Waals surface area contributed by atoms with E-state index in [1.54, 1.807) is 6.92 Å². The summed E-state index contributed by atoms with van der Waals surface area (Å²) in [6.45, 7) is 6.99. The van der Waals surface area contributed by atoms with Crippen LogP contribution in [0.1, 0.15) is 27.2 Å². The molecule has 0 fully saturated rings. The van der Waals surface area contributed by atoms with E-state index in [1.807, 2.05) is 13.8 Å². The van der Waals surface area contributed by atoms with Gasteiger partial charge in [-0.15, -0.1) is 0 Å². The molecule has 4 nitrogen and oxygen atoms in total. The molecule has 0 aromatic rings. The topological polar surface area (TPSA) is 44.8 Å². The van der Waals surface area contributed by atoms with Gasteiger partial charge in [0.2, 0.25) is 0 Å². The fraction of sp³-hybridized carbons (Fsp3) is 0.900. The molecular weight excluding hydrogens is 216 g/mol. The molecule has 15 heavy (non-hydrogen) atoms. The van der Waals surface area contributed by atoms with Crippen LogP contribution >= 0.6 is 12.6 Å². The zero-order valence-corrected chi connectivity index (χ0v) is 10.5. The Labute approximate surface area is 96.7 Å². The van der Waals surface area contributed by atoms with E-state index >= 15 is 0 Å². The van der Waals surface area contributed by atoms with Gasteiger partial charge in [0, 0.05) is 19.6 Å². The lowest BCUT2D eigenvalue weighted by atomic mass is 10.3. The predicted molar refractivity (Wildman–Crippen MR) is 61.1 cm³/mol. The van der Waals surface area contributed by atoms with Gasteiger partial charge in [-0.2, -0.15) is 12.6 Å². The van der Waals surface area contributed by atoms with Crippen LogP contribution in [0.4, 0.5) is 0 Å². The highest BCUT2D eigenvalue weighted by atomic mass is 32.1. The van der Waals surface area contributed by atoms with Gasteiger partial charge in [0.05, 0.1) is 6.61 Å². The monoisotopic (exact) mass is 236 g/mol. The predicted octanol–water partition coefficient (Wildman–Crippen LogP) is 1.64. The standard InChI is InChI=1S/C10H20O4S/c1-4-12-9(13-5-2)7-8(15)10(11)14-6-3/h8-9,15H,4-7H2,1-3H3. The summed E-state index contributed by atoms with van der Waals surface area (Å²) in [6, 6.07) is 0. The van der Waals surface area contributed by atoms with Gasteiger partial charge in [0.15, 0.2) is 6.29 Å². The average Bonchev–Trinajstić information content (AvgIpc) is 2.18. The van der Waals surface area contributed by atoms with Gasteiger partial charge in [-0.25, -0.2) is 0 Å². The van der Waals surface area contributed by atoms with Crippen molar-refractivity contribution in [2.75, 3.05) is 19.8 Å². The van der Waals surface area contributed by atoms with Crippen molar-refractivity contribution in [2.24, 2.45) is 0 Å². The van der Waals surface area contributed by atoms with Crippen molar-refractivity contribution in [3.8, 4) is 0 Å². The third-order valence-electron chi connectivity index (χ3n) is 1.68. The summed E-state index contributed by atoms with van der Waals surface area (Å²) in [5, 5.41) is -0.493. The molecule has 0 aromatic carbocycles. The van der Waals surface area contributed by atoms with Crippen molar-refractivity contribution >= 4 is 18.6 Å². The number of hydrogen-bond acceptors (Lipinski definition) is 5. The van der Waals surface area contributed by atoms with Crippen molar-refractivity contribution < 1.29 is 19.0 Å². The van der Waals surface area contributed by atoms with Crippen LogP contribution in [0.25, 0.3) is 0 Å². The van der Waals surface area contributed by atoms with Gasteiger partial charge in [-0.3, -0.25) is 4.79 Å². The first-order valence-corrected chi connectivity index (χ1v) is 5.75. The number of rotatable bonds is 8. The quantitative estimate of drug-likeness (QED) is 0.395. The highest BCUT2D eigenvalue weighted by Crippen LogP contribution is 2.11. The lowest BCUT2D eigenvalue weighted by Gasteiger charge is -2.19. The van der Waals surface area contributed by atoms with Crippen LogP contribution < -0.4 is 0 Å². The van der Waals surface area contributed by atoms with Gasteiger partial charge in [0.1, 0.15) is 5.25 Å². The van der Waals surface area contributed by atoms with Crippen LogP contribution in [-0.4, -0.2) is 37.3 Å². The Bertz CT molecular complexity index is 169. The first kappa shape index (κ1) is 14.7. The van der Waals surface area contributed by atoms with Crippen LogP contribution in [0, 0.1) is 0 Å². The van der Waals surface area contributed by atoms with E-state index in [0.717, 1.165) is 0 Å². The Hall–Kier alpha value is -0.260. The molecule has 0 amide bonds. The lowest BCUT2D eigenvalue weighted by Crippen LogP contribution is -2.27.